The molecule has 2 N–H and O–H groups in total. The standard InChI is InChI=1S/C10H12ClNO/c1-3-10(13-2)7-4-8(11)6-9(12)5-7/h3-6H,12H2,1-2H3/b10-3-. The van der Waals surface area contributed by atoms with Crippen LogP contribution >= 0.6 is 11.6 Å². The monoisotopic (exact) mass is 197 g/mol. The molecule has 2 nitrogen and oxygen atoms in total. The average molecular weight is 198 g/mol. The highest BCUT2D eigenvalue weighted by atomic mass is 35.5. The number of hydrogen-bond donors (Lipinski definition) is 1. The van der Waals surface area contributed by atoms with Gasteiger partial charge in [0.05, 0.1) is 7.11 Å². The SMILES string of the molecule is C/C=C(\OC)c1cc(N)cc(Cl)c1. The van der Waals surface area contributed by atoms with E-state index in [2.05, 4.69) is 0 Å². The molecular formula is C10H12ClNO. The van der Waals surface area contributed by atoms with E-state index in [1.165, 1.54) is 0 Å². The largest absolute Gasteiger partial charge is 0.496 e. The maximum Gasteiger partial charge on any atom is 0.121 e. The van der Waals surface area contributed by atoms with Crippen molar-refractivity contribution in [3.63, 3.8) is 0 Å². The fraction of sp³-hybridized carbons (Fsp3) is 0.200. The van der Waals surface area contributed by atoms with Gasteiger partial charge >= 0.3 is 0 Å². The van der Waals surface area contributed by atoms with Crippen LogP contribution in [0, 0.1) is 0 Å². The van der Waals surface area contributed by atoms with Crippen LogP contribution in [0.25, 0.3) is 5.76 Å². The number of ether oxygens (including phenoxy) is 1. The Bertz CT molecular complexity index is 313. The molecule has 13 heavy (non-hydrogen) atoms. The predicted octanol–water partition coefficient (Wildman–Crippen LogP) is 2.93. The molecule has 0 saturated carbocycles. The van der Waals surface area contributed by atoms with Gasteiger partial charge < -0.3 is 10.5 Å². The second kappa shape index (κ2) is 4.19. The second-order valence-corrected chi connectivity index (χ2v) is 3.07. The Balaban J connectivity index is 3.14. The molecule has 1 aromatic rings. The number of halogens is 1. The Labute approximate surface area is 83.0 Å². The molecule has 0 saturated heterocycles. The van der Waals surface area contributed by atoms with Gasteiger partial charge in [-0.05, 0) is 31.2 Å². The van der Waals surface area contributed by atoms with E-state index >= 15 is 0 Å². The summed E-state index contributed by atoms with van der Waals surface area (Å²) in [6, 6.07) is 5.34. The third-order valence-electron chi connectivity index (χ3n) is 1.69. The summed E-state index contributed by atoms with van der Waals surface area (Å²) in [6.45, 7) is 1.90. The van der Waals surface area contributed by atoms with E-state index in [1.54, 1.807) is 13.2 Å². The first-order chi connectivity index (χ1) is 6.17. The van der Waals surface area contributed by atoms with Crippen molar-refractivity contribution in [3.8, 4) is 0 Å². The van der Waals surface area contributed by atoms with Gasteiger partial charge in [-0.25, -0.2) is 0 Å². The minimum atomic E-state index is 0.617. The van der Waals surface area contributed by atoms with Gasteiger partial charge in [0.25, 0.3) is 0 Å². The minimum absolute atomic E-state index is 0.617. The summed E-state index contributed by atoms with van der Waals surface area (Å²) >= 11 is 5.85. The predicted molar refractivity (Wildman–Crippen MR) is 56.5 cm³/mol. The Kier molecular flexibility index (Phi) is 3.20. The lowest BCUT2D eigenvalue weighted by molar-refractivity contribution is 0.369. The molecule has 3 heteroatoms. The van der Waals surface area contributed by atoms with Crippen molar-refractivity contribution in [2.75, 3.05) is 12.8 Å². The number of methoxy groups -OCH3 is 1. The van der Waals surface area contributed by atoms with Gasteiger partial charge in [0.15, 0.2) is 0 Å². The summed E-state index contributed by atoms with van der Waals surface area (Å²) in [5.74, 6) is 0.772. The van der Waals surface area contributed by atoms with Crippen LogP contribution in [0.5, 0.6) is 0 Å². The first-order valence-electron chi connectivity index (χ1n) is 3.94. The molecule has 0 unspecified atom stereocenters. The van der Waals surface area contributed by atoms with Crippen LogP contribution in [-0.4, -0.2) is 7.11 Å². The highest BCUT2D eigenvalue weighted by Gasteiger charge is 2.02. The van der Waals surface area contributed by atoms with Crippen LogP contribution in [0.3, 0.4) is 0 Å². The van der Waals surface area contributed by atoms with Crippen LogP contribution in [0.2, 0.25) is 5.02 Å². The summed E-state index contributed by atoms with van der Waals surface area (Å²) < 4.78 is 5.14. The van der Waals surface area contributed by atoms with E-state index in [4.69, 9.17) is 22.1 Å². The van der Waals surface area contributed by atoms with Crippen molar-refractivity contribution in [2.45, 2.75) is 6.92 Å². The lowest BCUT2D eigenvalue weighted by Crippen LogP contribution is -1.90. The molecule has 0 amide bonds. The third kappa shape index (κ3) is 2.39. The molecular weight excluding hydrogens is 186 g/mol. The van der Waals surface area contributed by atoms with Crippen LogP contribution in [0.4, 0.5) is 5.69 Å². The first-order valence-corrected chi connectivity index (χ1v) is 4.32. The zero-order chi connectivity index (χ0) is 9.84. The molecule has 0 aliphatic rings. The fourth-order valence-electron chi connectivity index (χ4n) is 1.16. The lowest BCUT2D eigenvalue weighted by atomic mass is 10.1. The van der Waals surface area contributed by atoms with Gasteiger partial charge in [-0.15, -0.1) is 0 Å². The van der Waals surface area contributed by atoms with Crippen LogP contribution in [0.1, 0.15) is 12.5 Å². The number of allylic oxidation sites excluding steroid dienone is 1. The van der Waals surface area contributed by atoms with Gasteiger partial charge in [-0.2, -0.15) is 0 Å². The van der Waals surface area contributed by atoms with Crippen LogP contribution in [0.15, 0.2) is 24.3 Å². The minimum Gasteiger partial charge on any atom is -0.496 e. The highest BCUT2D eigenvalue weighted by Crippen LogP contribution is 2.22. The molecule has 70 valence electrons. The van der Waals surface area contributed by atoms with Gasteiger partial charge in [-0.1, -0.05) is 11.6 Å². The van der Waals surface area contributed by atoms with Gasteiger partial charge in [0.2, 0.25) is 0 Å². The van der Waals surface area contributed by atoms with Crippen molar-refractivity contribution in [1.29, 1.82) is 0 Å². The zero-order valence-corrected chi connectivity index (χ0v) is 8.43. The number of anilines is 1. The second-order valence-electron chi connectivity index (χ2n) is 2.63. The van der Waals surface area contributed by atoms with Crippen molar-refractivity contribution >= 4 is 23.0 Å². The van der Waals surface area contributed by atoms with E-state index in [1.807, 2.05) is 25.1 Å². The molecule has 0 aromatic heterocycles. The molecule has 0 aliphatic heterocycles. The topological polar surface area (TPSA) is 35.2 Å². The summed E-state index contributed by atoms with van der Waals surface area (Å²) in [5.41, 5.74) is 7.18. The number of nitrogen functional groups attached to an aromatic ring is 1. The molecule has 0 aliphatic carbocycles. The summed E-state index contributed by atoms with van der Waals surface area (Å²) in [7, 11) is 1.62. The zero-order valence-electron chi connectivity index (χ0n) is 7.67. The Hall–Kier alpha value is -1.15. The van der Waals surface area contributed by atoms with Crippen molar-refractivity contribution in [2.24, 2.45) is 0 Å². The normalized spacial score (nSPS) is 11.5. The van der Waals surface area contributed by atoms with Gasteiger partial charge in [0.1, 0.15) is 5.76 Å². The van der Waals surface area contributed by atoms with Crippen molar-refractivity contribution in [3.05, 3.63) is 34.9 Å². The molecule has 1 aromatic carbocycles. The quantitative estimate of drug-likeness (QED) is 0.585. The number of hydrogen-bond acceptors (Lipinski definition) is 2. The molecule has 0 spiro atoms. The molecule has 0 fully saturated rings. The van der Waals surface area contributed by atoms with E-state index in [0.29, 0.717) is 10.7 Å². The van der Waals surface area contributed by atoms with E-state index in [-0.39, 0.29) is 0 Å². The molecule has 0 heterocycles. The van der Waals surface area contributed by atoms with Gasteiger partial charge in [-0.3, -0.25) is 0 Å². The number of nitrogens with two attached hydrogens (primary N) is 1. The summed E-state index contributed by atoms with van der Waals surface area (Å²) in [4.78, 5) is 0. The van der Waals surface area contributed by atoms with Crippen LogP contribution in [-0.2, 0) is 4.74 Å². The smallest absolute Gasteiger partial charge is 0.121 e. The lowest BCUT2D eigenvalue weighted by Gasteiger charge is -2.06. The van der Waals surface area contributed by atoms with E-state index in [0.717, 1.165) is 11.3 Å². The van der Waals surface area contributed by atoms with Gasteiger partial charge in [0, 0.05) is 16.3 Å². The van der Waals surface area contributed by atoms with Crippen molar-refractivity contribution in [1.82, 2.24) is 0 Å². The van der Waals surface area contributed by atoms with E-state index < -0.39 is 0 Å². The van der Waals surface area contributed by atoms with Crippen LogP contribution < -0.4 is 5.73 Å². The maximum atomic E-state index is 5.85. The molecule has 0 atom stereocenters. The fourth-order valence-corrected chi connectivity index (χ4v) is 1.40. The number of benzene rings is 1. The Morgan fingerprint density at radius 1 is 1.46 bits per heavy atom. The molecule has 0 radical (unpaired) electrons. The average Bonchev–Trinajstić information content (AvgIpc) is 2.04. The maximum absolute atomic E-state index is 5.85. The molecule has 0 bridgehead atoms. The Morgan fingerprint density at radius 3 is 2.62 bits per heavy atom. The summed E-state index contributed by atoms with van der Waals surface area (Å²) in [5, 5.41) is 0.617. The Morgan fingerprint density at radius 2 is 2.15 bits per heavy atom. The number of rotatable bonds is 2. The third-order valence-corrected chi connectivity index (χ3v) is 1.90. The van der Waals surface area contributed by atoms with Crippen molar-refractivity contribution < 1.29 is 4.74 Å². The first kappa shape index (κ1) is 9.93. The highest BCUT2D eigenvalue weighted by molar-refractivity contribution is 6.31. The summed E-state index contributed by atoms with van der Waals surface area (Å²) in [6.07, 6.45) is 1.87. The van der Waals surface area contributed by atoms with E-state index in [9.17, 15) is 0 Å². The molecule has 1 rings (SSSR count).